The third-order valence-corrected chi connectivity index (χ3v) is 11.1. The lowest BCUT2D eigenvalue weighted by Crippen LogP contribution is -2.52. The molecule has 2 atom stereocenters. The molecule has 2 fully saturated rings. The SMILES string of the molecule is COc1ccc2c(c1)C(=O)N(C[C@@]1(c3cc4cnccc4o3)NC(=O)NC1=O)C2.COc1ccc2c(c1Cl)C(=O)N(C[C@@]1(c3cc4cnccc4o3)NC(=O)NC1=O)C2. The number of halogens is 1. The second kappa shape index (κ2) is 13.9. The van der Waals surface area contributed by atoms with E-state index >= 15 is 0 Å². The number of fused-ring (bicyclic) bond motifs is 4. The number of hydrogen-bond acceptors (Lipinski definition) is 12. The Morgan fingerprint density at radius 3 is 1.75 bits per heavy atom. The summed E-state index contributed by atoms with van der Waals surface area (Å²) >= 11 is 6.34. The van der Waals surface area contributed by atoms with Gasteiger partial charge in [0.2, 0.25) is 0 Å². The Balaban J connectivity index is 0.000000152. The molecule has 4 aliphatic rings. The number of ether oxygens (including phenoxy) is 2. The van der Waals surface area contributed by atoms with Gasteiger partial charge in [-0.2, -0.15) is 0 Å². The average Bonchev–Trinajstić information content (AvgIpc) is 4.07. The fourth-order valence-corrected chi connectivity index (χ4v) is 8.09. The number of furan rings is 2. The molecular weight excluding hydrogens is 788 g/mol. The maximum absolute atomic E-state index is 13.1. The maximum atomic E-state index is 13.1. The minimum atomic E-state index is -1.58. The van der Waals surface area contributed by atoms with Gasteiger partial charge in [-0.1, -0.05) is 23.7 Å². The molecule has 4 aromatic heterocycles. The summed E-state index contributed by atoms with van der Waals surface area (Å²) in [5.74, 6) is -0.373. The molecule has 18 nitrogen and oxygen atoms in total. The van der Waals surface area contributed by atoms with Crippen molar-refractivity contribution in [3.63, 3.8) is 0 Å². The Morgan fingerprint density at radius 2 is 1.24 bits per heavy atom. The summed E-state index contributed by atoms with van der Waals surface area (Å²) in [6.45, 7) is 0.326. The van der Waals surface area contributed by atoms with Gasteiger partial charge in [0.1, 0.15) is 34.2 Å². The topological polar surface area (TPSA) is 228 Å². The van der Waals surface area contributed by atoms with Crippen LogP contribution in [0.3, 0.4) is 0 Å². The number of carbonyl (C=O) groups is 6. The van der Waals surface area contributed by atoms with Crippen molar-refractivity contribution in [1.82, 2.24) is 41.0 Å². The number of nitrogens with zero attached hydrogens (tertiary/aromatic N) is 4. The number of benzene rings is 2. The molecule has 4 N–H and O–H groups in total. The Hall–Kier alpha value is -7.47. The predicted molar refractivity (Wildman–Crippen MR) is 205 cm³/mol. The van der Waals surface area contributed by atoms with Crippen molar-refractivity contribution >= 4 is 69.2 Å². The van der Waals surface area contributed by atoms with Crippen molar-refractivity contribution in [3.8, 4) is 11.5 Å². The maximum Gasteiger partial charge on any atom is 0.322 e. The molecule has 298 valence electrons. The van der Waals surface area contributed by atoms with Crippen LogP contribution in [0.1, 0.15) is 43.4 Å². The number of hydrogen-bond donors (Lipinski definition) is 4. The van der Waals surface area contributed by atoms with E-state index < -0.39 is 35.0 Å². The van der Waals surface area contributed by atoms with Gasteiger partial charge in [-0.15, -0.1) is 0 Å². The molecule has 59 heavy (non-hydrogen) atoms. The third-order valence-electron chi connectivity index (χ3n) is 10.7. The Labute approximate surface area is 337 Å². The van der Waals surface area contributed by atoms with Gasteiger partial charge in [-0.25, -0.2) is 9.59 Å². The van der Waals surface area contributed by atoms with Gasteiger partial charge in [0.15, 0.2) is 11.1 Å². The fourth-order valence-electron chi connectivity index (χ4n) is 7.75. The molecule has 19 heteroatoms. The molecule has 10 rings (SSSR count). The number of amides is 8. The van der Waals surface area contributed by atoms with Gasteiger partial charge < -0.3 is 38.7 Å². The van der Waals surface area contributed by atoms with Crippen molar-refractivity contribution in [3.05, 3.63) is 118 Å². The predicted octanol–water partition coefficient (Wildman–Crippen LogP) is 3.71. The zero-order valence-corrected chi connectivity index (χ0v) is 31.8. The van der Waals surface area contributed by atoms with E-state index in [0.717, 1.165) is 5.56 Å². The van der Waals surface area contributed by atoms with E-state index in [1.807, 2.05) is 6.07 Å². The number of pyridine rings is 2. The molecule has 8 heterocycles. The summed E-state index contributed by atoms with van der Waals surface area (Å²) < 4.78 is 22.1. The van der Waals surface area contributed by atoms with Gasteiger partial charge in [-0.3, -0.25) is 39.8 Å². The lowest BCUT2D eigenvalue weighted by Gasteiger charge is -2.29. The second-order valence-electron chi connectivity index (χ2n) is 14.1. The van der Waals surface area contributed by atoms with Crippen LogP contribution in [-0.4, -0.2) is 82.8 Å². The largest absolute Gasteiger partial charge is 0.497 e. The van der Waals surface area contributed by atoms with Crippen LogP contribution in [0, 0.1) is 0 Å². The van der Waals surface area contributed by atoms with E-state index in [1.54, 1.807) is 73.3 Å². The van der Waals surface area contributed by atoms with E-state index in [4.69, 9.17) is 29.9 Å². The number of nitrogens with one attached hydrogen (secondary N) is 4. The lowest BCUT2D eigenvalue weighted by molar-refractivity contribution is -0.126. The molecule has 0 saturated carbocycles. The van der Waals surface area contributed by atoms with Gasteiger partial charge >= 0.3 is 12.1 Å². The zero-order chi connectivity index (χ0) is 41.2. The molecule has 8 amide bonds. The average molecular weight is 819 g/mol. The second-order valence-corrected chi connectivity index (χ2v) is 14.5. The zero-order valence-electron chi connectivity index (χ0n) is 31.1. The van der Waals surface area contributed by atoms with E-state index in [9.17, 15) is 28.8 Å². The summed E-state index contributed by atoms with van der Waals surface area (Å²) in [5.41, 5.74) is 0.301. The summed E-state index contributed by atoms with van der Waals surface area (Å²) in [6.07, 6.45) is 6.33. The normalized spacial score (nSPS) is 20.6. The Kier molecular flexibility index (Phi) is 8.73. The lowest BCUT2D eigenvalue weighted by atomic mass is 9.95. The van der Waals surface area contributed by atoms with E-state index in [2.05, 4.69) is 31.2 Å². The van der Waals surface area contributed by atoms with Crippen LogP contribution < -0.4 is 30.7 Å². The number of urea groups is 2. The van der Waals surface area contributed by atoms with Crippen LogP contribution in [0.15, 0.2) is 88.2 Å². The number of aromatic nitrogens is 2. The van der Waals surface area contributed by atoms with Crippen LogP contribution in [0.5, 0.6) is 11.5 Å². The highest BCUT2D eigenvalue weighted by Crippen LogP contribution is 2.39. The highest BCUT2D eigenvalue weighted by molar-refractivity contribution is 6.35. The quantitative estimate of drug-likeness (QED) is 0.161. The molecule has 6 aromatic rings. The molecule has 0 spiro atoms. The highest BCUT2D eigenvalue weighted by atomic mass is 35.5. The van der Waals surface area contributed by atoms with Gasteiger partial charge in [0.25, 0.3) is 23.6 Å². The van der Waals surface area contributed by atoms with Crippen LogP contribution in [0.25, 0.3) is 21.9 Å². The van der Waals surface area contributed by atoms with Crippen molar-refractivity contribution in [2.24, 2.45) is 0 Å². The molecule has 0 radical (unpaired) electrons. The van der Waals surface area contributed by atoms with Gasteiger partial charge in [-0.05, 0) is 53.6 Å². The van der Waals surface area contributed by atoms with Crippen LogP contribution in [-0.2, 0) is 33.8 Å². The molecule has 2 saturated heterocycles. The summed E-state index contributed by atoms with van der Waals surface area (Å²) in [7, 11) is 3.00. The van der Waals surface area contributed by atoms with Crippen molar-refractivity contribution in [2.75, 3.05) is 27.3 Å². The molecule has 0 aliphatic carbocycles. The van der Waals surface area contributed by atoms with Crippen LogP contribution in [0.2, 0.25) is 5.02 Å². The highest BCUT2D eigenvalue weighted by Gasteiger charge is 2.54. The van der Waals surface area contributed by atoms with Crippen molar-refractivity contribution in [1.29, 1.82) is 0 Å². The minimum Gasteiger partial charge on any atom is -0.497 e. The van der Waals surface area contributed by atoms with Crippen molar-refractivity contribution in [2.45, 2.75) is 24.2 Å². The Bertz CT molecular complexity index is 2740. The fraction of sp³-hybridized carbons (Fsp3) is 0.200. The first-order valence-corrected chi connectivity index (χ1v) is 18.4. The van der Waals surface area contributed by atoms with Gasteiger partial charge in [0.05, 0.1) is 37.9 Å². The number of carbonyl (C=O) groups excluding carboxylic acids is 6. The van der Waals surface area contributed by atoms with E-state index in [-0.39, 0.29) is 48.0 Å². The monoisotopic (exact) mass is 818 g/mol. The first kappa shape index (κ1) is 37.1. The number of imide groups is 2. The molecule has 0 unspecified atom stereocenters. The minimum absolute atomic E-state index is 0.0757. The van der Waals surface area contributed by atoms with Gasteiger partial charge in [0, 0.05) is 54.2 Å². The standard InChI is InChI=1S/C20H15ClN4O5.C20H16N4O5/c1-29-13-3-2-10-8-25(17(26)15(10)16(13)21)9-20(18(27)23-19(28)24-20)14-6-11-7-22-5-4-12(11)30-14;1-28-13-3-2-11-9-24(17(25)14(11)7-13)10-20(18(26)22-19(27)23-20)16-6-12-8-21-5-4-15(12)29-16/h2-7H,8-9H2,1H3,(H2,23,24,27,28);2-8H,9-10H2,1H3,(H2,22,23,26,27)/t2*20-/m00/s1. The Morgan fingerprint density at radius 1 is 0.695 bits per heavy atom. The van der Waals surface area contributed by atoms with E-state index in [0.29, 0.717) is 56.7 Å². The third kappa shape index (κ3) is 6.03. The smallest absolute Gasteiger partial charge is 0.322 e. The summed E-state index contributed by atoms with van der Waals surface area (Å²) in [4.78, 5) is 86.8. The molecule has 4 aliphatic heterocycles. The summed E-state index contributed by atoms with van der Waals surface area (Å²) in [5, 5.41) is 11.4. The molecular formula is C40H31ClN8O10. The molecule has 0 bridgehead atoms. The molecule has 2 aromatic carbocycles. The summed E-state index contributed by atoms with van der Waals surface area (Å²) in [6, 6.07) is 14.0. The first-order valence-electron chi connectivity index (χ1n) is 18.0. The number of rotatable bonds is 8. The van der Waals surface area contributed by atoms with Crippen LogP contribution >= 0.6 is 11.6 Å². The first-order chi connectivity index (χ1) is 28.4. The number of methoxy groups -OCH3 is 2. The van der Waals surface area contributed by atoms with E-state index in [1.165, 1.54) is 24.0 Å². The van der Waals surface area contributed by atoms with Crippen LogP contribution in [0.4, 0.5) is 9.59 Å². The van der Waals surface area contributed by atoms with Crippen molar-refractivity contribution < 1.29 is 47.1 Å².